The van der Waals surface area contributed by atoms with Crippen LogP contribution in [0.5, 0.6) is 0 Å². The molecule has 1 N–H and O–H groups in total. The summed E-state index contributed by atoms with van der Waals surface area (Å²) in [5.74, 6) is -3.74. The minimum Gasteiger partial charge on any atom is -0.755 e. The highest BCUT2D eigenvalue weighted by Crippen LogP contribution is 2.41. The van der Waals surface area contributed by atoms with Crippen molar-refractivity contribution in [3.05, 3.63) is 108 Å². The van der Waals surface area contributed by atoms with Crippen LogP contribution in [-0.4, -0.2) is 125 Å². The lowest BCUT2D eigenvalue weighted by Crippen LogP contribution is -2.58. The zero-order valence-corrected chi connectivity index (χ0v) is 38.4. The fourth-order valence-electron chi connectivity index (χ4n) is 7.25. The van der Waals surface area contributed by atoms with E-state index in [9.17, 15) is 45.9 Å². The maximum atomic E-state index is 14.6. The Morgan fingerprint density at radius 2 is 1.06 bits per heavy atom. The molecular formula is C44H47N10O10S2-. The predicted molar refractivity (Wildman–Crippen MR) is 241 cm³/mol. The van der Waals surface area contributed by atoms with Crippen LogP contribution < -0.4 is 9.03 Å². The number of barbiturate groups is 2. The molecule has 3 atom stereocenters. The molecule has 0 radical (unpaired) electrons. The van der Waals surface area contributed by atoms with Crippen molar-refractivity contribution in [1.29, 1.82) is 0 Å². The number of nitrogens with one attached hydrogen (secondary N) is 1. The van der Waals surface area contributed by atoms with E-state index in [0.29, 0.717) is 35.5 Å². The van der Waals surface area contributed by atoms with Crippen LogP contribution in [0.15, 0.2) is 122 Å². The van der Waals surface area contributed by atoms with Gasteiger partial charge in [-0.1, -0.05) is 72.8 Å². The maximum Gasteiger partial charge on any atom is 0.333 e. The van der Waals surface area contributed by atoms with Crippen LogP contribution in [0.1, 0.15) is 37.8 Å². The zero-order chi connectivity index (χ0) is 48.0. The zero-order valence-electron chi connectivity index (χ0n) is 36.8. The molecule has 22 heteroatoms. The number of carbonyl (C=O) groups excluding carboxylic acids is 6. The van der Waals surface area contributed by atoms with Crippen LogP contribution in [-0.2, 0) is 53.3 Å². The van der Waals surface area contributed by atoms with Crippen molar-refractivity contribution in [3.63, 3.8) is 0 Å². The van der Waals surface area contributed by atoms with E-state index in [-0.39, 0.29) is 33.1 Å². The number of urea groups is 2. The van der Waals surface area contributed by atoms with E-state index in [0.717, 1.165) is 31.3 Å². The molecule has 0 aromatic heterocycles. The first-order chi connectivity index (χ1) is 31.3. The molecule has 0 saturated carbocycles. The number of imide groups is 4. The lowest BCUT2D eigenvalue weighted by Gasteiger charge is -2.34. The molecule has 20 nitrogen and oxygen atoms in total. The molecule has 4 aromatic carbocycles. The van der Waals surface area contributed by atoms with Crippen LogP contribution >= 0.6 is 0 Å². The van der Waals surface area contributed by atoms with Gasteiger partial charge in [0, 0.05) is 62.7 Å². The van der Waals surface area contributed by atoms with Crippen LogP contribution in [0, 0.1) is 0 Å². The van der Waals surface area contributed by atoms with Crippen molar-refractivity contribution >= 4 is 74.0 Å². The summed E-state index contributed by atoms with van der Waals surface area (Å²) >= 11 is -2.99. The van der Waals surface area contributed by atoms with E-state index < -0.39 is 81.1 Å². The molecule has 2 aliphatic heterocycles. The Morgan fingerprint density at radius 3 is 1.52 bits per heavy atom. The molecule has 0 aliphatic carbocycles. The van der Waals surface area contributed by atoms with Crippen LogP contribution in [0.2, 0.25) is 0 Å². The second-order valence-electron chi connectivity index (χ2n) is 15.7. The normalized spacial score (nSPS) is 17.1. The van der Waals surface area contributed by atoms with Gasteiger partial charge >= 0.3 is 12.1 Å². The summed E-state index contributed by atoms with van der Waals surface area (Å²) in [6.07, 6.45) is 1.70. The largest absolute Gasteiger partial charge is 0.755 e. The Kier molecular flexibility index (Phi) is 15.1. The summed E-state index contributed by atoms with van der Waals surface area (Å²) in [5, 5.41) is 16.1. The van der Waals surface area contributed by atoms with Gasteiger partial charge in [-0.3, -0.25) is 47.3 Å². The first kappa shape index (κ1) is 48.6. The topological polar surface area (TPSA) is 254 Å². The average Bonchev–Trinajstić information content (AvgIpc) is 3.30. The summed E-state index contributed by atoms with van der Waals surface area (Å²) in [6.45, 7) is 3.36. The van der Waals surface area contributed by atoms with Crippen molar-refractivity contribution in [2.24, 2.45) is 20.5 Å². The monoisotopic (exact) mass is 939 g/mol. The average molecular weight is 940 g/mol. The Labute approximate surface area is 383 Å². The Balaban J connectivity index is 1.48. The number of nitrogens with zero attached hydrogens (tertiary/aromatic N) is 9. The van der Waals surface area contributed by atoms with Crippen LogP contribution in [0.3, 0.4) is 0 Å². The van der Waals surface area contributed by atoms with E-state index in [4.69, 9.17) is 0 Å². The highest BCUT2D eigenvalue weighted by molar-refractivity contribution is 7.89. The first-order valence-corrected chi connectivity index (χ1v) is 23.1. The number of benzene rings is 4. The third-order valence-electron chi connectivity index (χ3n) is 11.1. The van der Waals surface area contributed by atoms with E-state index >= 15 is 0 Å². The number of azo groups is 2. The molecule has 6 rings (SSSR count). The van der Waals surface area contributed by atoms with Crippen LogP contribution in [0.4, 0.5) is 26.7 Å². The number of aryl methyl sites for hydroxylation is 2. The van der Waals surface area contributed by atoms with Gasteiger partial charge in [-0.2, -0.15) is 20.5 Å². The van der Waals surface area contributed by atoms with Crippen molar-refractivity contribution in [3.8, 4) is 11.1 Å². The Bertz CT molecular complexity index is 2690. The number of carbonyl (C=O) groups is 6. The molecule has 66 heavy (non-hydrogen) atoms. The highest BCUT2D eigenvalue weighted by atomic mass is 32.2. The van der Waals surface area contributed by atoms with Gasteiger partial charge in [-0.25, -0.2) is 22.7 Å². The van der Waals surface area contributed by atoms with E-state index in [1.54, 1.807) is 13.8 Å². The van der Waals surface area contributed by atoms with Gasteiger partial charge in [-0.05, 0) is 74.9 Å². The number of rotatable bonds is 17. The number of likely N-dealkylation sites (N-methyl/N-ethyl adjacent to an activating group) is 4. The number of sulfonamides is 1. The minimum absolute atomic E-state index is 0.00446. The summed E-state index contributed by atoms with van der Waals surface area (Å²) in [7, 11) is 0.216. The second kappa shape index (κ2) is 20.5. The molecule has 4 aromatic rings. The minimum atomic E-state index is -4.52. The predicted octanol–water partition coefficient (Wildman–Crippen LogP) is 5.28. The summed E-state index contributed by atoms with van der Waals surface area (Å²) in [6, 6.07) is 20.3. The van der Waals surface area contributed by atoms with Crippen molar-refractivity contribution in [2.75, 3.05) is 32.5 Å². The smallest absolute Gasteiger partial charge is 0.333 e. The van der Waals surface area contributed by atoms with Gasteiger partial charge in [-0.15, -0.1) is 0 Å². The Morgan fingerprint density at radius 1 is 0.636 bits per heavy atom. The van der Waals surface area contributed by atoms with Crippen molar-refractivity contribution in [1.82, 2.24) is 24.3 Å². The van der Waals surface area contributed by atoms with Crippen LogP contribution in [0.25, 0.3) is 11.1 Å². The van der Waals surface area contributed by atoms with E-state index in [2.05, 4.69) is 25.2 Å². The molecule has 2 fully saturated rings. The highest BCUT2D eigenvalue weighted by Gasteiger charge is 2.44. The molecule has 0 spiro atoms. The summed E-state index contributed by atoms with van der Waals surface area (Å²) in [5.41, 5.74) is 1.81. The maximum absolute atomic E-state index is 14.6. The number of amides is 8. The van der Waals surface area contributed by atoms with Gasteiger partial charge in [0.1, 0.15) is 0 Å². The lowest BCUT2D eigenvalue weighted by molar-refractivity contribution is -0.144. The molecular weight excluding hydrogens is 893 g/mol. The first-order valence-electron chi connectivity index (χ1n) is 20.6. The third-order valence-corrected chi connectivity index (χ3v) is 13.6. The van der Waals surface area contributed by atoms with E-state index in [1.807, 2.05) is 60.7 Å². The third kappa shape index (κ3) is 10.6. The summed E-state index contributed by atoms with van der Waals surface area (Å²) < 4.78 is 59.7. The fourth-order valence-corrected chi connectivity index (χ4v) is 9.47. The van der Waals surface area contributed by atoms with Gasteiger partial charge in [0.2, 0.25) is 22.1 Å². The second-order valence-corrected chi connectivity index (χ2v) is 18.2. The molecule has 8 amide bonds. The van der Waals surface area contributed by atoms with E-state index in [1.165, 1.54) is 58.5 Å². The Hall–Kier alpha value is -6.88. The van der Waals surface area contributed by atoms with Gasteiger partial charge in [0.05, 0.1) is 22.0 Å². The fraction of sp³-hybridized carbons (Fsp3) is 0.318. The molecule has 2 aliphatic rings. The number of hydrogen-bond acceptors (Lipinski definition) is 14. The number of anilines is 1. The van der Waals surface area contributed by atoms with Crippen molar-refractivity contribution in [2.45, 2.75) is 68.6 Å². The lowest BCUT2D eigenvalue weighted by atomic mass is 10.0. The summed E-state index contributed by atoms with van der Waals surface area (Å²) in [4.78, 5) is 78.9. The standard InChI is InChI=1S/C44H48N10O10S2/c1-27(17-19-29-13-9-7-10-14-29)49-66(63,64)36-26-32(46-48-38-41(57)52(5)44(60)53(6)42(38)58)22-24-34(36)33-23-21-31(45-47-37-39(55)50(3)43(59)51(4)40(37)56)25-35(33)54(65(61)62)28(2)18-20-30-15-11-8-12-16-30/h7-16,21-28,37-38,49H,17-20H2,1-6H3,(H,61,62)/p-1. The van der Waals surface area contributed by atoms with Crippen molar-refractivity contribution < 1.29 is 45.9 Å². The van der Waals surface area contributed by atoms with Gasteiger partial charge in [0.25, 0.3) is 23.6 Å². The van der Waals surface area contributed by atoms with Gasteiger partial charge in [0.15, 0.2) is 0 Å². The SMILES string of the molecule is CC(CCc1ccccc1)NS(=O)(=O)c1cc(N=NC2C(=O)N(C)C(=O)N(C)C2=O)ccc1-c1ccc(N=NC2C(=O)N(C)C(=O)N(C)C2=O)cc1N(C(C)CCc1ccccc1)S(=O)[O-]. The number of hydrogen-bond donors (Lipinski definition) is 1. The molecule has 2 saturated heterocycles. The quantitative estimate of drug-likeness (QED) is 0.0814. The molecule has 0 bridgehead atoms. The molecule has 346 valence electrons. The molecule has 3 unspecified atom stereocenters. The molecule has 2 heterocycles. The van der Waals surface area contributed by atoms with Gasteiger partial charge < -0.3 is 4.55 Å².